The lowest BCUT2D eigenvalue weighted by Crippen LogP contribution is -2.47. The second-order valence-corrected chi connectivity index (χ2v) is 4.03. The highest BCUT2D eigenvalue weighted by Gasteiger charge is 2.19. The van der Waals surface area contributed by atoms with Crippen LogP contribution in [0, 0.1) is 10.1 Å². The predicted octanol–water partition coefficient (Wildman–Crippen LogP) is 0.564. The molecule has 2 heterocycles. The van der Waals surface area contributed by atoms with Crippen LogP contribution in [0.1, 0.15) is 0 Å². The minimum absolute atomic E-state index is 0.00595. The highest BCUT2D eigenvalue weighted by atomic mass is 16.6. The molecule has 1 aliphatic rings. The van der Waals surface area contributed by atoms with Crippen molar-refractivity contribution in [2.24, 2.45) is 0 Å². The van der Waals surface area contributed by atoms with E-state index in [1.807, 2.05) is 5.01 Å². The Labute approximate surface area is 99.2 Å². The summed E-state index contributed by atoms with van der Waals surface area (Å²) >= 11 is 0. The SMILES string of the molecule is CN1CCN(Nc2ncccc2[N+](=O)[O-])CC1. The molecule has 0 saturated carbocycles. The molecule has 1 aliphatic heterocycles. The second kappa shape index (κ2) is 5.07. The fourth-order valence-corrected chi connectivity index (χ4v) is 1.70. The van der Waals surface area contributed by atoms with E-state index in [0.717, 1.165) is 26.2 Å². The Hall–Kier alpha value is -1.73. The number of hydrogen-bond acceptors (Lipinski definition) is 6. The molecule has 7 nitrogen and oxygen atoms in total. The minimum atomic E-state index is -0.425. The Balaban J connectivity index is 2.05. The molecule has 0 amide bonds. The standard InChI is InChI=1S/C10H15N5O2/c1-13-5-7-14(8-6-13)12-10-9(15(16)17)3-2-4-11-10/h2-4H,5-8H2,1H3,(H,11,12). The van der Waals surface area contributed by atoms with Gasteiger partial charge in [0.15, 0.2) is 0 Å². The van der Waals surface area contributed by atoms with Crippen LogP contribution >= 0.6 is 0 Å². The van der Waals surface area contributed by atoms with Gasteiger partial charge in [-0.2, -0.15) is 0 Å². The number of nitrogens with zero attached hydrogens (tertiary/aromatic N) is 4. The molecule has 1 aromatic heterocycles. The van der Waals surface area contributed by atoms with Gasteiger partial charge in [0.1, 0.15) is 0 Å². The van der Waals surface area contributed by atoms with Crippen LogP contribution in [0.3, 0.4) is 0 Å². The summed E-state index contributed by atoms with van der Waals surface area (Å²) in [6.07, 6.45) is 1.55. The van der Waals surface area contributed by atoms with Gasteiger partial charge in [0.25, 0.3) is 0 Å². The number of pyridine rings is 1. The van der Waals surface area contributed by atoms with Crippen LogP contribution in [0.25, 0.3) is 0 Å². The first-order chi connectivity index (χ1) is 8.16. The second-order valence-electron chi connectivity index (χ2n) is 4.03. The molecule has 7 heteroatoms. The monoisotopic (exact) mass is 237 g/mol. The van der Waals surface area contributed by atoms with Crippen LogP contribution in [0.4, 0.5) is 11.5 Å². The van der Waals surface area contributed by atoms with E-state index in [2.05, 4.69) is 22.4 Å². The van der Waals surface area contributed by atoms with E-state index in [4.69, 9.17) is 0 Å². The van der Waals surface area contributed by atoms with Crippen molar-refractivity contribution >= 4 is 11.5 Å². The third-order valence-electron chi connectivity index (χ3n) is 2.75. The molecule has 1 fully saturated rings. The zero-order valence-corrected chi connectivity index (χ0v) is 9.67. The van der Waals surface area contributed by atoms with Crippen LogP contribution in [0.5, 0.6) is 0 Å². The molecule has 0 unspecified atom stereocenters. The summed E-state index contributed by atoms with van der Waals surface area (Å²) in [6, 6.07) is 3.01. The Morgan fingerprint density at radius 3 is 2.76 bits per heavy atom. The van der Waals surface area contributed by atoms with Gasteiger partial charge in [-0.15, -0.1) is 0 Å². The summed E-state index contributed by atoms with van der Waals surface area (Å²) in [5, 5.41) is 12.8. The third-order valence-corrected chi connectivity index (χ3v) is 2.75. The fraction of sp³-hybridized carbons (Fsp3) is 0.500. The van der Waals surface area contributed by atoms with Crippen molar-refractivity contribution in [3.8, 4) is 0 Å². The van der Waals surface area contributed by atoms with Crippen molar-refractivity contribution in [3.05, 3.63) is 28.4 Å². The Morgan fingerprint density at radius 1 is 1.41 bits per heavy atom. The molecule has 1 aromatic rings. The number of nitro groups is 1. The van der Waals surface area contributed by atoms with E-state index < -0.39 is 4.92 Å². The summed E-state index contributed by atoms with van der Waals surface area (Å²) < 4.78 is 0. The Bertz CT molecular complexity index is 403. The van der Waals surface area contributed by atoms with Gasteiger partial charge >= 0.3 is 5.69 Å². The first-order valence-electron chi connectivity index (χ1n) is 5.46. The molecule has 0 bridgehead atoms. The smallest absolute Gasteiger partial charge is 0.304 e. The maximum absolute atomic E-state index is 10.8. The summed E-state index contributed by atoms with van der Waals surface area (Å²) in [4.78, 5) is 16.6. The Morgan fingerprint density at radius 2 is 2.12 bits per heavy atom. The molecule has 17 heavy (non-hydrogen) atoms. The molecule has 92 valence electrons. The molecular formula is C10H15N5O2. The molecular weight excluding hydrogens is 222 g/mol. The lowest BCUT2D eigenvalue weighted by atomic mass is 10.4. The van der Waals surface area contributed by atoms with E-state index in [1.54, 1.807) is 12.3 Å². The molecule has 0 aliphatic carbocycles. The summed E-state index contributed by atoms with van der Waals surface area (Å²) in [5.74, 6) is 0.307. The normalized spacial score (nSPS) is 17.9. The van der Waals surface area contributed by atoms with Crippen LogP contribution in [0.2, 0.25) is 0 Å². The van der Waals surface area contributed by atoms with Gasteiger partial charge in [-0.25, -0.2) is 9.99 Å². The van der Waals surface area contributed by atoms with Crippen molar-refractivity contribution in [2.75, 3.05) is 38.7 Å². The van der Waals surface area contributed by atoms with Crippen molar-refractivity contribution in [2.45, 2.75) is 0 Å². The summed E-state index contributed by atoms with van der Waals surface area (Å²) in [7, 11) is 2.06. The average Bonchev–Trinajstić information content (AvgIpc) is 2.32. The number of rotatable bonds is 3. The van der Waals surface area contributed by atoms with Crippen LogP contribution in [0.15, 0.2) is 18.3 Å². The minimum Gasteiger partial charge on any atom is -0.304 e. The molecule has 0 aromatic carbocycles. The van der Waals surface area contributed by atoms with Gasteiger partial charge in [0.05, 0.1) is 4.92 Å². The van der Waals surface area contributed by atoms with Crippen molar-refractivity contribution < 1.29 is 4.92 Å². The lowest BCUT2D eigenvalue weighted by Gasteiger charge is -2.32. The average molecular weight is 237 g/mol. The van der Waals surface area contributed by atoms with E-state index in [9.17, 15) is 10.1 Å². The van der Waals surface area contributed by atoms with E-state index in [-0.39, 0.29) is 5.69 Å². The van der Waals surface area contributed by atoms with Gasteiger partial charge in [0, 0.05) is 38.4 Å². The number of aromatic nitrogens is 1. The van der Waals surface area contributed by atoms with Gasteiger partial charge in [-0.1, -0.05) is 0 Å². The first-order valence-corrected chi connectivity index (χ1v) is 5.46. The van der Waals surface area contributed by atoms with Crippen LogP contribution < -0.4 is 5.43 Å². The third kappa shape index (κ3) is 2.89. The summed E-state index contributed by atoms with van der Waals surface area (Å²) in [5.41, 5.74) is 3.01. The van der Waals surface area contributed by atoms with Crippen LogP contribution in [-0.2, 0) is 0 Å². The molecule has 1 saturated heterocycles. The number of likely N-dealkylation sites (N-methyl/N-ethyl adjacent to an activating group) is 1. The lowest BCUT2D eigenvalue weighted by molar-refractivity contribution is -0.384. The molecule has 0 atom stereocenters. The summed E-state index contributed by atoms with van der Waals surface area (Å²) in [6.45, 7) is 3.52. The maximum Gasteiger partial charge on any atom is 0.312 e. The van der Waals surface area contributed by atoms with Crippen molar-refractivity contribution in [1.82, 2.24) is 14.9 Å². The quantitative estimate of drug-likeness (QED) is 0.611. The topological polar surface area (TPSA) is 74.5 Å². The Kier molecular flexibility index (Phi) is 3.50. The molecule has 0 spiro atoms. The number of nitrogens with one attached hydrogen (secondary N) is 1. The zero-order chi connectivity index (χ0) is 12.3. The molecule has 2 rings (SSSR count). The van der Waals surface area contributed by atoms with E-state index in [0.29, 0.717) is 5.82 Å². The van der Waals surface area contributed by atoms with E-state index in [1.165, 1.54) is 6.07 Å². The maximum atomic E-state index is 10.8. The van der Waals surface area contributed by atoms with E-state index >= 15 is 0 Å². The first kappa shape index (κ1) is 11.7. The van der Waals surface area contributed by atoms with Crippen molar-refractivity contribution in [3.63, 3.8) is 0 Å². The van der Waals surface area contributed by atoms with Gasteiger partial charge in [-0.05, 0) is 13.1 Å². The highest BCUT2D eigenvalue weighted by Crippen LogP contribution is 2.20. The zero-order valence-electron chi connectivity index (χ0n) is 9.67. The highest BCUT2D eigenvalue weighted by molar-refractivity contribution is 5.54. The molecule has 0 radical (unpaired) electrons. The van der Waals surface area contributed by atoms with Crippen LogP contribution in [-0.4, -0.2) is 53.0 Å². The molecule has 1 N–H and O–H groups in total. The van der Waals surface area contributed by atoms with Gasteiger partial charge in [-0.3, -0.25) is 15.5 Å². The largest absolute Gasteiger partial charge is 0.312 e. The number of hydrogen-bond donors (Lipinski definition) is 1. The number of hydrazine groups is 1. The fourth-order valence-electron chi connectivity index (χ4n) is 1.70. The van der Waals surface area contributed by atoms with Gasteiger partial charge < -0.3 is 4.90 Å². The van der Waals surface area contributed by atoms with Crippen molar-refractivity contribution in [1.29, 1.82) is 0 Å². The van der Waals surface area contributed by atoms with Gasteiger partial charge in [0.2, 0.25) is 5.82 Å². The number of piperazine rings is 1. The number of anilines is 1. The predicted molar refractivity (Wildman–Crippen MR) is 63.6 cm³/mol.